The van der Waals surface area contributed by atoms with Crippen molar-refractivity contribution in [2.45, 2.75) is 58.3 Å². The van der Waals surface area contributed by atoms with Gasteiger partial charge in [0.2, 0.25) is 0 Å². The number of aromatic nitrogens is 2. The summed E-state index contributed by atoms with van der Waals surface area (Å²) in [6.07, 6.45) is 10.6. The molecule has 2 rings (SSSR count). The Morgan fingerprint density at radius 3 is 2.18 bits per heavy atom. The normalized spacial score (nSPS) is 10.8. The third-order valence-electron chi connectivity index (χ3n) is 4.00. The summed E-state index contributed by atoms with van der Waals surface area (Å²) in [7, 11) is 0. The fraction of sp³-hybridized carbons (Fsp3) is 0.474. The van der Waals surface area contributed by atoms with Crippen molar-refractivity contribution < 1.29 is 0 Å². The molecule has 3 nitrogen and oxygen atoms in total. The molecular weight excluding hydrogens is 272 g/mol. The molecule has 0 aliphatic rings. The van der Waals surface area contributed by atoms with Crippen LogP contribution in [0.2, 0.25) is 0 Å². The second kappa shape index (κ2) is 9.19. The predicted octanol–water partition coefficient (Wildman–Crippen LogP) is 4.73. The molecule has 3 heteroatoms. The Morgan fingerprint density at radius 2 is 1.55 bits per heavy atom. The molecule has 22 heavy (non-hydrogen) atoms. The maximum Gasteiger partial charge on any atom is 0.264 e. The van der Waals surface area contributed by atoms with E-state index in [9.17, 15) is 4.79 Å². The highest BCUT2D eigenvalue weighted by Gasteiger charge is 2.00. The summed E-state index contributed by atoms with van der Waals surface area (Å²) in [5, 5.41) is 6.52. The zero-order valence-electron chi connectivity index (χ0n) is 13.5. The molecule has 0 amide bonds. The molecule has 0 aliphatic carbocycles. The molecule has 0 spiro atoms. The minimum atomic E-state index is -0.167. The number of hydrogen-bond acceptors (Lipinski definition) is 2. The Bertz CT molecular complexity index is 581. The SMILES string of the molecule is CCCCCCCCCc1ccc(-c2ccc(=O)[nH]n2)cc1. The summed E-state index contributed by atoms with van der Waals surface area (Å²) in [6, 6.07) is 11.8. The molecular formula is C19H26N2O. The number of unbranched alkanes of at least 4 members (excludes halogenated alkanes) is 6. The molecule has 1 aromatic heterocycles. The second-order valence-corrected chi connectivity index (χ2v) is 5.87. The number of nitrogens with one attached hydrogen (secondary N) is 1. The lowest BCUT2D eigenvalue weighted by Gasteiger charge is -2.04. The Kier molecular flexibility index (Phi) is 6.88. The lowest BCUT2D eigenvalue weighted by Crippen LogP contribution is -2.05. The minimum absolute atomic E-state index is 0.167. The third kappa shape index (κ3) is 5.47. The molecule has 1 N–H and O–H groups in total. The zero-order valence-corrected chi connectivity index (χ0v) is 13.5. The zero-order chi connectivity index (χ0) is 15.6. The van der Waals surface area contributed by atoms with Gasteiger partial charge in [0.1, 0.15) is 0 Å². The van der Waals surface area contributed by atoms with E-state index >= 15 is 0 Å². The maximum absolute atomic E-state index is 11.0. The average Bonchev–Trinajstić information content (AvgIpc) is 2.55. The molecule has 0 radical (unpaired) electrons. The van der Waals surface area contributed by atoms with Gasteiger partial charge in [0.15, 0.2) is 0 Å². The Morgan fingerprint density at radius 1 is 0.864 bits per heavy atom. The molecule has 0 bridgehead atoms. The van der Waals surface area contributed by atoms with Crippen molar-refractivity contribution in [2.75, 3.05) is 0 Å². The summed E-state index contributed by atoms with van der Waals surface area (Å²) >= 11 is 0. The van der Waals surface area contributed by atoms with E-state index in [1.54, 1.807) is 6.07 Å². The predicted molar refractivity (Wildman–Crippen MR) is 92.0 cm³/mol. The lowest BCUT2D eigenvalue weighted by atomic mass is 10.0. The van der Waals surface area contributed by atoms with Gasteiger partial charge in [-0.3, -0.25) is 4.79 Å². The molecule has 0 atom stereocenters. The summed E-state index contributed by atoms with van der Waals surface area (Å²) in [4.78, 5) is 11.0. The van der Waals surface area contributed by atoms with Crippen LogP contribution in [0.1, 0.15) is 57.4 Å². The van der Waals surface area contributed by atoms with Crippen molar-refractivity contribution in [2.24, 2.45) is 0 Å². The van der Waals surface area contributed by atoms with Gasteiger partial charge in [-0.05, 0) is 24.5 Å². The van der Waals surface area contributed by atoms with Gasteiger partial charge in [-0.2, -0.15) is 5.10 Å². The first-order valence-corrected chi connectivity index (χ1v) is 8.44. The van der Waals surface area contributed by atoms with Crippen LogP contribution in [0.4, 0.5) is 0 Å². The van der Waals surface area contributed by atoms with E-state index in [0.29, 0.717) is 0 Å². The van der Waals surface area contributed by atoms with Gasteiger partial charge in [0, 0.05) is 11.6 Å². The van der Waals surface area contributed by atoms with Crippen LogP contribution in [0.25, 0.3) is 11.3 Å². The molecule has 1 aromatic carbocycles. The number of aromatic amines is 1. The van der Waals surface area contributed by atoms with Crippen LogP contribution in [0, 0.1) is 0 Å². The van der Waals surface area contributed by atoms with Crippen LogP contribution in [0.5, 0.6) is 0 Å². The van der Waals surface area contributed by atoms with Crippen molar-refractivity contribution in [3.8, 4) is 11.3 Å². The first kappa shape index (κ1) is 16.5. The van der Waals surface area contributed by atoms with E-state index in [-0.39, 0.29) is 5.56 Å². The molecule has 0 aliphatic heterocycles. The molecule has 0 unspecified atom stereocenters. The highest BCUT2D eigenvalue weighted by atomic mass is 16.1. The lowest BCUT2D eigenvalue weighted by molar-refractivity contribution is 0.589. The van der Waals surface area contributed by atoms with Gasteiger partial charge in [-0.1, -0.05) is 69.7 Å². The van der Waals surface area contributed by atoms with Crippen LogP contribution in [0.3, 0.4) is 0 Å². The summed E-state index contributed by atoms with van der Waals surface area (Å²) < 4.78 is 0. The summed E-state index contributed by atoms with van der Waals surface area (Å²) in [5.74, 6) is 0. The van der Waals surface area contributed by atoms with Gasteiger partial charge in [0.05, 0.1) is 5.69 Å². The molecule has 0 saturated heterocycles. The van der Waals surface area contributed by atoms with Gasteiger partial charge >= 0.3 is 0 Å². The Hall–Kier alpha value is -1.90. The number of benzene rings is 1. The van der Waals surface area contributed by atoms with Gasteiger partial charge in [0.25, 0.3) is 5.56 Å². The van der Waals surface area contributed by atoms with E-state index in [1.165, 1.54) is 56.6 Å². The standard InChI is InChI=1S/C19H26N2O/c1-2-3-4-5-6-7-8-9-16-10-12-17(13-11-16)18-14-15-19(22)21-20-18/h10-15H,2-9H2,1H3,(H,21,22). The Labute approximate surface area is 132 Å². The van der Waals surface area contributed by atoms with E-state index in [2.05, 4.69) is 41.4 Å². The van der Waals surface area contributed by atoms with Crippen molar-refractivity contribution in [3.63, 3.8) is 0 Å². The molecule has 1 heterocycles. The highest BCUT2D eigenvalue weighted by Crippen LogP contribution is 2.17. The molecule has 0 fully saturated rings. The maximum atomic E-state index is 11.0. The summed E-state index contributed by atoms with van der Waals surface area (Å²) in [6.45, 7) is 2.26. The van der Waals surface area contributed by atoms with Crippen LogP contribution < -0.4 is 5.56 Å². The summed E-state index contributed by atoms with van der Waals surface area (Å²) in [5.41, 5.74) is 3.06. The molecule has 2 aromatic rings. The van der Waals surface area contributed by atoms with Crippen LogP contribution in [-0.4, -0.2) is 10.2 Å². The first-order valence-electron chi connectivity index (χ1n) is 8.44. The van der Waals surface area contributed by atoms with Crippen molar-refractivity contribution in [1.29, 1.82) is 0 Å². The Balaban J connectivity index is 1.75. The van der Waals surface area contributed by atoms with E-state index < -0.39 is 0 Å². The number of nitrogens with zero attached hydrogens (tertiary/aromatic N) is 1. The fourth-order valence-electron chi connectivity index (χ4n) is 2.63. The van der Waals surface area contributed by atoms with E-state index in [1.807, 2.05) is 0 Å². The molecule has 118 valence electrons. The number of hydrogen-bond donors (Lipinski definition) is 1. The number of rotatable bonds is 9. The quantitative estimate of drug-likeness (QED) is 0.680. The third-order valence-corrected chi connectivity index (χ3v) is 4.00. The topological polar surface area (TPSA) is 45.8 Å². The monoisotopic (exact) mass is 298 g/mol. The van der Waals surface area contributed by atoms with Gasteiger partial charge in [-0.15, -0.1) is 0 Å². The van der Waals surface area contributed by atoms with Crippen LogP contribution in [0.15, 0.2) is 41.2 Å². The smallest absolute Gasteiger partial charge is 0.264 e. The van der Waals surface area contributed by atoms with Crippen LogP contribution in [-0.2, 0) is 6.42 Å². The van der Waals surface area contributed by atoms with Crippen molar-refractivity contribution in [3.05, 3.63) is 52.3 Å². The largest absolute Gasteiger partial charge is 0.268 e. The average molecular weight is 298 g/mol. The van der Waals surface area contributed by atoms with Gasteiger partial charge in [-0.25, -0.2) is 5.10 Å². The fourth-order valence-corrected chi connectivity index (χ4v) is 2.63. The second-order valence-electron chi connectivity index (χ2n) is 5.87. The first-order chi connectivity index (χ1) is 10.8. The van der Waals surface area contributed by atoms with Crippen LogP contribution >= 0.6 is 0 Å². The van der Waals surface area contributed by atoms with Crippen molar-refractivity contribution in [1.82, 2.24) is 10.2 Å². The minimum Gasteiger partial charge on any atom is -0.268 e. The van der Waals surface area contributed by atoms with E-state index in [0.717, 1.165) is 17.7 Å². The van der Waals surface area contributed by atoms with Gasteiger partial charge < -0.3 is 0 Å². The van der Waals surface area contributed by atoms with E-state index in [4.69, 9.17) is 0 Å². The number of H-pyrrole nitrogens is 1. The highest BCUT2D eigenvalue weighted by molar-refractivity contribution is 5.58. The number of aryl methyl sites for hydroxylation is 1. The van der Waals surface area contributed by atoms with Crippen molar-refractivity contribution >= 4 is 0 Å². The molecule has 0 saturated carbocycles.